The van der Waals surface area contributed by atoms with Gasteiger partial charge in [-0.2, -0.15) is 0 Å². The Bertz CT molecular complexity index is 429. The monoisotopic (exact) mass is 277 g/mol. The number of fused-ring (bicyclic) bond motifs is 2. The van der Waals surface area contributed by atoms with E-state index < -0.39 is 5.91 Å². The molecule has 0 aromatic carbocycles. The number of allylic oxidation sites excluding steroid dienone is 2. The largest absolute Gasteiger partial charge is 0.368 e. The van der Waals surface area contributed by atoms with Gasteiger partial charge in [0.2, 0.25) is 11.8 Å². The minimum absolute atomic E-state index is 0.0687. The van der Waals surface area contributed by atoms with Crippen molar-refractivity contribution in [3.8, 4) is 0 Å². The Kier molecular flexibility index (Phi) is 3.78. The van der Waals surface area contributed by atoms with Gasteiger partial charge in [0.1, 0.15) is 0 Å². The van der Waals surface area contributed by atoms with Crippen LogP contribution in [-0.4, -0.2) is 42.4 Å². The maximum Gasteiger partial charge on any atom is 0.237 e. The molecule has 2 fully saturated rings. The van der Waals surface area contributed by atoms with Crippen molar-refractivity contribution in [1.29, 1.82) is 0 Å². The van der Waals surface area contributed by atoms with Gasteiger partial charge in [-0.15, -0.1) is 0 Å². The van der Waals surface area contributed by atoms with E-state index in [2.05, 4.69) is 17.5 Å². The number of nitrogens with one attached hydrogen (secondary N) is 1. The topological polar surface area (TPSA) is 75.4 Å². The molecule has 3 aliphatic rings. The lowest BCUT2D eigenvalue weighted by atomic mass is 9.91. The van der Waals surface area contributed by atoms with Crippen LogP contribution < -0.4 is 11.1 Å². The molecule has 1 saturated carbocycles. The first-order chi connectivity index (χ1) is 9.65. The number of nitrogens with two attached hydrogens (primary N) is 1. The first kappa shape index (κ1) is 13.6. The van der Waals surface area contributed by atoms with Gasteiger partial charge in [-0.25, -0.2) is 0 Å². The molecule has 3 atom stereocenters. The summed E-state index contributed by atoms with van der Waals surface area (Å²) in [6, 6.07) is 0.166. The summed E-state index contributed by atoms with van der Waals surface area (Å²) in [6.07, 6.45) is 8.29. The molecule has 5 heteroatoms. The van der Waals surface area contributed by atoms with Gasteiger partial charge in [0, 0.05) is 12.0 Å². The summed E-state index contributed by atoms with van der Waals surface area (Å²) >= 11 is 0. The van der Waals surface area contributed by atoms with Crippen LogP contribution in [0.1, 0.15) is 25.7 Å². The van der Waals surface area contributed by atoms with Crippen LogP contribution in [-0.2, 0) is 9.59 Å². The zero-order valence-corrected chi connectivity index (χ0v) is 11.8. The van der Waals surface area contributed by atoms with Gasteiger partial charge in [0.25, 0.3) is 0 Å². The molecule has 1 heterocycles. The summed E-state index contributed by atoms with van der Waals surface area (Å²) < 4.78 is 0. The molecular formula is C15H23N3O2. The molecule has 0 aromatic heterocycles. The van der Waals surface area contributed by atoms with E-state index in [4.69, 9.17) is 5.73 Å². The van der Waals surface area contributed by atoms with Crippen molar-refractivity contribution in [2.24, 2.45) is 23.5 Å². The standard InChI is InChI=1S/C15H23N3O2/c16-14(19)9-18(12-3-5-17-6-4-12)15(20)13-8-10-1-2-11(13)7-10/h1-2,10-13,17H,3-9H2,(H2,16,19). The summed E-state index contributed by atoms with van der Waals surface area (Å²) in [5, 5.41) is 3.29. The van der Waals surface area contributed by atoms with E-state index in [-0.39, 0.29) is 24.4 Å². The molecule has 3 rings (SSSR count). The molecule has 5 nitrogen and oxygen atoms in total. The van der Waals surface area contributed by atoms with E-state index in [1.54, 1.807) is 4.90 Å². The lowest BCUT2D eigenvalue weighted by Crippen LogP contribution is -2.51. The van der Waals surface area contributed by atoms with E-state index in [0.717, 1.165) is 38.8 Å². The Balaban J connectivity index is 1.72. The average Bonchev–Trinajstić information content (AvgIpc) is 3.07. The molecule has 2 amide bonds. The predicted octanol–water partition coefficient (Wildman–Crippen LogP) is 0.264. The van der Waals surface area contributed by atoms with Crippen LogP contribution in [0.4, 0.5) is 0 Å². The highest BCUT2D eigenvalue weighted by atomic mass is 16.2. The van der Waals surface area contributed by atoms with E-state index in [1.165, 1.54) is 0 Å². The van der Waals surface area contributed by atoms with Crippen molar-refractivity contribution in [2.45, 2.75) is 31.7 Å². The Hall–Kier alpha value is -1.36. The molecular weight excluding hydrogens is 254 g/mol. The normalized spacial score (nSPS) is 32.5. The van der Waals surface area contributed by atoms with Crippen molar-refractivity contribution in [2.75, 3.05) is 19.6 Å². The Labute approximate surface area is 119 Å². The van der Waals surface area contributed by atoms with Crippen LogP contribution in [0, 0.1) is 17.8 Å². The molecule has 1 saturated heterocycles. The fraction of sp³-hybridized carbons (Fsp3) is 0.733. The number of piperidine rings is 1. The van der Waals surface area contributed by atoms with Gasteiger partial charge in [-0.3, -0.25) is 9.59 Å². The van der Waals surface area contributed by atoms with E-state index in [0.29, 0.717) is 11.8 Å². The summed E-state index contributed by atoms with van der Waals surface area (Å²) in [5.41, 5.74) is 5.35. The quantitative estimate of drug-likeness (QED) is 0.724. The van der Waals surface area contributed by atoms with Crippen molar-refractivity contribution in [1.82, 2.24) is 10.2 Å². The van der Waals surface area contributed by atoms with Gasteiger partial charge in [-0.05, 0) is 50.6 Å². The van der Waals surface area contributed by atoms with E-state index in [1.807, 2.05) is 0 Å². The van der Waals surface area contributed by atoms with Gasteiger partial charge >= 0.3 is 0 Å². The third kappa shape index (κ3) is 2.59. The predicted molar refractivity (Wildman–Crippen MR) is 75.6 cm³/mol. The van der Waals surface area contributed by atoms with E-state index in [9.17, 15) is 9.59 Å². The summed E-state index contributed by atoms with van der Waals surface area (Å²) in [4.78, 5) is 25.9. The maximum absolute atomic E-state index is 12.8. The zero-order valence-electron chi connectivity index (χ0n) is 11.8. The molecule has 3 N–H and O–H groups in total. The van der Waals surface area contributed by atoms with Crippen LogP contribution in [0.25, 0.3) is 0 Å². The number of carbonyl (C=O) groups is 2. The lowest BCUT2D eigenvalue weighted by Gasteiger charge is -2.36. The highest BCUT2D eigenvalue weighted by Gasteiger charge is 2.42. The van der Waals surface area contributed by atoms with Crippen molar-refractivity contribution < 1.29 is 9.59 Å². The smallest absolute Gasteiger partial charge is 0.237 e. The first-order valence-corrected chi connectivity index (χ1v) is 7.63. The van der Waals surface area contributed by atoms with Crippen LogP contribution in [0.5, 0.6) is 0 Å². The van der Waals surface area contributed by atoms with E-state index >= 15 is 0 Å². The molecule has 2 bridgehead atoms. The number of amides is 2. The highest BCUT2D eigenvalue weighted by Crippen LogP contribution is 2.44. The van der Waals surface area contributed by atoms with Gasteiger partial charge in [-0.1, -0.05) is 12.2 Å². The average molecular weight is 277 g/mol. The minimum Gasteiger partial charge on any atom is -0.368 e. The molecule has 20 heavy (non-hydrogen) atoms. The van der Waals surface area contributed by atoms with Gasteiger partial charge < -0.3 is 16.0 Å². The number of rotatable bonds is 4. The second kappa shape index (κ2) is 5.56. The summed E-state index contributed by atoms with van der Waals surface area (Å²) in [6.45, 7) is 1.88. The zero-order chi connectivity index (χ0) is 14.1. The fourth-order valence-corrected chi connectivity index (χ4v) is 3.95. The molecule has 0 aromatic rings. The molecule has 3 unspecified atom stereocenters. The third-order valence-corrected chi connectivity index (χ3v) is 4.95. The number of primary amides is 1. The fourth-order valence-electron chi connectivity index (χ4n) is 3.95. The minimum atomic E-state index is -0.407. The first-order valence-electron chi connectivity index (χ1n) is 7.63. The Morgan fingerprint density at radius 3 is 2.50 bits per heavy atom. The van der Waals surface area contributed by atoms with Gasteiger partial charge in [0.15, 0.2) is 0 Å². The molecule has 2 aliphatic carbocycles. The van der Waals surface area contributed by atoms with Crippen molar-refractivity contribution in [3.63, 3.8) is 0 Å². The summed E-state index contributed by atoms with van der Waals surface area (Å²) in [5.74, 6) is 0.754. The second-order valence-corrected chi connectivity index (χ2v) is 6.30. The lowest BCUT2D eigenvalue weighted by molar-refractivity contribution is -0.142. The molecule has 1 aliphatic heterocycles. The number of hydrogen-bond acceptors (Lipinski definition) is 3. The summed E-state index contributed by atoms with van der Waals surface area (Å²) in [7, 11) is 0. The molecule has 0 radical (unpaired) electrons. The van der Waals surface area contributed by atoms with Crippen molar-refractivity contribution in [3.05, 3.63) is 12.2 Å². The van der Waals surface area contributed by atoms with Crippen LogP contribution in [0.2, 0.25) is 0 Å². The maximum atomic E-state index is 12.8. The number of nitrogens with zero attached hydrogens (tertiary/aromatic N) is 1. The number of carbonyl (C=O) groups excluding carboxylic acids is 2. The van der Waals surface area contributed by atoms with Crippen LogP contribution in [0.3, 0.4) is 0 Å². The Morgan fingerprint density at radius 1 is 1.20 bits per heavy atom. The van der Waals surface area contributed by atoms with Crippen LogP contribution >= 0.6 is 0 Å². The third-order valence-electron chi connectivity index (χ3n) is 4.95. The second-order valence-electron chi connectivity index (χ2n) is 6.30. The SMILES string of the molecule is NC(=O)CN(C(=O)C1CC2C=CC1C2)C1CCNCC1. The number of hydrogen-bond donors (Lipinski definition) is 2. The highest BCUT2D eigenvalue weighted by molar-refractivity contribution is 5.86. The van der Waals surface area contributed by atoms with Crippen LogP contribution in [0.15, 0.2) is 12.2 Å². The molecule has 110 valence electrons. The Morgan fingerprint density at radius 2 is 1.95 bits per heavy atom. The molecule has 0 spiro atoms. The van der Waals surface area contributed by atoms with Crippen molar-refractivity contribution >= 4 is 11.8 Å². The van der Waals surface area contributed by atoms with Gasteiger partial charge in [0.05, 0.1) is 6.54 Å².